The Morgan fingerprint density at radius 2 is 1.81 bits per heavy atom. The van der Waals surface area contributed by atoms with Crippen molar-refractivity contribution < 1.29 is 8.42 Å². The van der Waals surface area contributed by atoms with E-state index in [1.54, 1.807) is 48.7 Å². The first-order chi connectivity index (χ1) is 10.1. The van der Waals surface area contributed by atoms with Crippen molar-refractivity contribution in [1.82, 2.24) is 9.97 Å². The van der Waals surface area contributed by atoms with Crippen LogP contribution >= 0.6 is 0 Å². The van der Waals surface area contributed by atoms with Crippen molar-refractivity contribution in [2.75, 3.05) is 4.72 Å². The monoisotopic (exact) mass is 299 g/mol. The minimum atomic E-state index is -3.63. The fourth-order valence-corrected chi connectivity index (χ4v) is 3.09. The molecule has 0 radical (unpaired) electrons. The van der Waals surface area contributed by atoms with Gasteiger partial charge in [-0.1, -0.05) is 23.8 Å². The molecule has 0 atom stereocenters. The number of benzene rings is 2. The fraction of sp³-hybridized carbons (Fsp3) is 0.0667. The molecular weight excluding hydrogens is 286 g/mol. The number of nitrogens with one attached hydrogen (secondary N) is 1. The molecular formula is C15H13N3O2S. The molecule has 1 aromatic heterocycles. The highest BCUT2D eigenvalue weighted by Crippen LogP contribution is 2.23. The lowest BCUT2D eigenvalue weighted by Crippen LogP contribution is -2.13. The summed E-state index contributed by atoms with van der Waals surface area (Å²) in [6.45, 7) is 1.91. The molecule has 0 bridgehead atoms. The molecule has 1 heterocycles. The Bertz CT molecular complexity index is 885. The summed E-state index contributed by atoms with van der Waals surface area (Å²) >= 11 is 0. The Balaban J connectivity index is 2.03. The van der Waals surface area contributed by atoms with Gasteiger partial charge in [0.15, 0.2) is 0 Å². The van der Waals surface area contributed by atoms with Gasteiger partial charge in [-0.25, -0.2) is 18.4 Å². The zero-order valence-corrected chi connectivity index (χ0v) is 12.1. The van der Waals surface area contributed by atoms with E-state index in [0.29, 0.717) is 16.6 Å². The molecule has 0 amide bonds. The van der Waals surface area contributed by atoms with Crippen LogP contribution in [-0.2, 0) is 10.0 Å². The van der Waals surface area contributed by atoms with Crippen molar-refractivity contribution in [2.24, 2.45) is 0 Å². The average Bonchev–Trinajstić information content (AvgIpc) is 2.48. The summed E-state index contributed by atoms with van der Waals surface area (Å²) < 4.78 is 27.4. The van der Waals surface area contributed by atoms with E-state index in [9.17, 15) is 8.42 Å². The molecule has 6 heteroatoms. The third-order valence-electron chi connectivity index (χ3n) is 3.13. The summed E-state index contributed by atoms with van der Waals surface area (Å²) in [5, 5.41) is 0.663. The standard InChI is InChI=1S/C15H13N3O2S/c1-11-5-7-12(8-6-11)21(19,20)18-15-4-2-3-14-13(15)9-16-10-17-14/h2-10,18H,1H3. The van der Waals surface area contributed by atoms with Crippen molar-refractivity contribution in [2.45, 2.75) is 11.8 Å². The maximum atomic E-state index is 12.4. The van der Waals surface area contributed by atoms with Crippen LogP contribution < -0.4 is 4.72 Å². The van der Waals surface area contributed by atoms with Crippen molar-refractivity contribution in [3.05, 3.63) is 60.6 Å². The number of nitrogens with zero attached hydrogens (tertiary/aromatic N) is 2. The predicted octanol–water partition coefficient (Wildman–Crippen LogP) is 2.74. The van der Waals surface area contributed by atoms with Crippen LogP contribution in [0.2, 0.25) is 0 Å². The number of hydrogen-bond donors (Lipinski definition) is 1. The van der Waals surface area contributed by atoms with Gasteiger partial charge in [-0.15, -0.1) is 0 Å². The number of aryl methyl sites for hydroxylation is 1. The van der Waals surface area contributed by atoms with Gasteiger partial charge in [-0.05, 0) is 31.2 Å². The van der Waals surface area contributed by atoms with Crippen molar-refractivity contribution >= 4 is 26.6 Å². The molecule has 0 unspecified atom stereocenters. The molecule has 1 N–H and O–H groups in total. The number of aromatic nitrogens is 2. The first-order valence-corrected chi connectivity index (χ1v) is 7.83. The number of anilines is 1. The highest BCUT2D eigenvalue weighted by molar-refractivity contribution is 7.92. The quantitative estimate of drug-likeness (QED) is 0.807. The largest absolute Gasteiger partial charge is 0.279 e. The Hall–Kier alpha value is -2.47. The van der Waals surface area contributed by atoms with Crippen LogP contribution in [0.1, 0.15) is 5.56 Å². The Morgan fingerprint density at radius 3 is 2.57 bits per heavy atom. The molecule has 2 aromatic carbocycles. The molecule has 0 aliphatic rings. The third-order valence-corrected chi connectivity index (χ3v) is 4.51. The molecule has 0 fully saturated rings. The Morgan fingerprint density at radius 1 is 1.05 bits per heavy atom. The molecule has 3 aromatic rings. The van der Waals surface area contributed by atoms with Crippen LogP contribution in [-0.4, -0.2) is 18.4 Å². The summed E-state index contributed by atoms with van der Waals surface area (Å²) in [5.74, 6) is 0. The van der Waals surface area contributed by atoms with Crippen LogP contribution in [0.3, 0.4) is 0 Å². The highest BCUT2D eigenvalue weighted by atomic mass is 32.2. The minimum absolute atomic E-state index is 0.224. The lowest BCUT2D eigenvalue weighted by atomic mass is 10.2. The smallest absolute Gasteiger partial charge is 0.261 e. The third kappa shape index (κ3) is 2.71. The molecule has 0 saturated carbocycles. The van der Waals surface area contributed by atoms with Crippen LogP contribution in [0.25, 0.3) is 10.9 Å². The number of rotatable bonds is 3. The zero-order valence-electron chi connectivity index (χ0n) is 11.3. The van der Waals surface area contributed by atoms with Crippen LogP contribution in [0.15, 0.2) is 59.9 Å². The van der Waals surface area contributed by atoms with Gasteiger partial charge in [-0.3, -0.25) is 4.72 Å². The summed E-state index contributed by atoms with van der Waals surface area (Å²) in [7, 11) is -3.63. The van der Waals surface area contributed by atoms with E-state index < -0.39 is 10.0 Å². The first kappa shape index (κ1) is 13.5. The molecule has 0 aliphatic carbocycles. The second kappa shape index (κ2) is 5.14. The van der Waals surface area contributed by atoms with E-state index in [1.165, 1.54) is 6.33 Å². The van der Waals surface area contributed by atoms with Crippen LogP contribution in [0.5, 0.6) is 0 Å². The molecule has 3 rings (SSSR count). The maximum absolute atomic E-state index is 12.4. The second-order valence-corrected chi connectivity index (χ2v) is 6.36. The molecule has 21 heavy (non-hydrogen) atoms. The summed E-state index contributed by atoms with van der Waals surface area (Å²) in [6, 6.07) is 11.9. The van der Waals surface area contributed by atoms with E-state index >= 15 is 0 Å². The Kier molecular flexibility index (Phi) is 3.31. The van der Waals surface area contributed by atoms with Crippen LogP contribution in [0, 0.1) is 6.92 Å². The second-order valence-electron chi connectivity index (χ2n) is 4.68. The van der Waals surface area contributed by atoms with E-state index in [1.807, 2.05) is 6.92 Å². The fourth-order valence-electron chi connectivity index (χ4n) is 2.01. The van der Waals surface area contributed by atoms with E-state index in [2.05, 4.69) is 14.7 Å². The number of hydrogen-bond acceptors (Lipinski definition) is 4. The maximum Gasteiger partial charge on any atom is 0.261 e. The summed E-state index contributed by atoms with van der Waals surface area (Å²) in [5.41, 5.74) is 2.16. The molecule has 0 spiro atoms. The van der Waals surface area contributed by atoms with Crippen molar-refractivity contribution in [3.63, 3.8) is 0 Å². The number of sulfonamides is 1. The highest BCUT2D eigenvalue weighted by Gasteiger charge is 2.15. The van der Waals surface area contributed by atoms with Crippen molar-refractivity contribution in [1.29, 1.82) is 0 Å². The SMILES string of the molecule is Cc1ccc(S(=O)(=O)Nc2cccc3ncncc23)cc1. The summed E-state index contributed by atoms with van der Waals surface area (Å²) in [6.07, 6.45) is 3.02. The molecule has 106 valence electrons. The normalized spacial score (nSPS) is 11.5. The van der Waals surface area contributed by atoms with Gasteiger partial charge >= 0.3 is 0 Å². The van der Waals surface area contributed by atoms with Crippen molar-refractivity contribution in [3.8, 4) is 0 Å². The van der Waals surface area contributed by atoms with Gasteiger partial charge in [0.25, 0.3) is 10.0 Å². The lowest BCUT2D eigenvalue weighted by Gasteiger charge is -2.10. The predicted molar refractivity (Wildman–Crippen MR) is 81.5 cm³/mol. The molecule has 0 saturated heterocycles. The zero-order chi connectivity index (χ0) is 14.9. The van der Waals surface area contributed by atoms with Gasteiger partial charge in [-0.2, -0.15) is 0 Å². The molecule has 5 nitrogen and oxygen atoms in total. The Labute approximate surface area is 122 Å². The minimum Gasteiger partial charge on any atom is -0.279 e. The van der Waals surface area contributed by atoms with Gasteiger partial charge in [0.2, 0.25) is 0 Å². The molecule has 0 aliphatic heterocycles. The van der Waals surface area contributed by atoms with Crippen LogP contribution in [0.4, 0.5) is 5.69 Å². The summed E-state index contributed by atoms with van der Waals surface area (Å²) in [4.78, 5) is 8.28. The van der Waals surface area contributed by atoms with E-state index in [4.69, 9.17) is 0 Å². The lowest BCUT2D eigenvalue weighted by molar-refractivity contribution is 0.601. The number of fused-ring (bicyclic) bond motifs is 1. The van der Waals surface area contributed by atoms with Gasteiger partial charge in [0.05, 0.1) is 16.1 Å². The first-order valence-electron chi connectivity index (χ1n) is 6.34. The van der Waals surface area contributed by atoms with E-state index in [-0.39, 0.29) is 4.90 Å². The van der Waals surface area contributed by atoms with E-state index in [0.717, 1.165) is 5.56 Å². The van der Waals surface area contributed by atoms with Gasteiger partial charge in [0, 0.05) is 11.6 Å². The topological polar surface area (TPSA) is 72.0 Å². The van der Waals surface area contributed by atoms with Gasteiger partial charge < -0.3 is 0 Å². The van der Waals surface area contributed by atoms with Gasteiger partial charge in [0.1, 0.15) is 6.33 Å². The average molecular weight is 299 g/mol.